The number of nitriles is 1. The van der Waals surface area contributed by atoms with Crippen LogP contribution < -0.4 is 10.5 Å². The molecule has 0 radical (unpaired) electrons. The van der Waals surface area contributed by atoms with Crippen LogP contribution in [0.4, 0.5) is 5.82 Å². The number of aromatic nitrogens is 3. The maximum atomic E-state index is 12.4. The Kier molecular flexibility index (Phi) is 5.17. The molecule has 4 rings (SSSR count). The summed E-state index contributed by atoms with van der Waals surface area (Å²) < 4.78 is 1.74. The van der Waals surface area contributed by atoms with E-state index < -0.39 is 0 Å². The third kappa shape index (κ3) is 3.66. The highest BCUT2D eigenvalue weighted by Gasteiger charge is 2.25. The van der Waals surface area contributed by atoms with Gasteiger partial charge >= 0.3 is 0 Å². The molecule has 28 heavy (non-hydrogen) atoms. The maximum Gasteiger partial charge on any atom is 0.253 e. The Balaban J connectivity index is 1.43. The SMILES string of the molecule is CC(C)c1cc(=O)n(CC2CCN(c3nc4c(cc3C#N)CCC4)CC2)cn1. The third-order valence-electron chi connectivity index (χ3n) is 6.01. The summed E-state index contributed by atoms with van der Waals surface area (Å²) in [5.41, 5.74) is 3.99. The van der Waals surface area contributed by atoms with Gasteiger partial charge in [-0.15, -0.1) is 0 Å². The van der Waals surface area contributed by atoms with Crippen LogP contribution >= 0.6 is 0 Å². The van der Waals surface area contributed by atoms with Crippen molar-refractivity contribution in [3.63, 3.8) is 0 Å². The first-order chi connectivity index (χ1) is 13.5. The molecule has 2 aromatic rings. The summed E-state index contributed by atoms with van der Waals surface area (Å²) in [6.45, 7) is 6.55. The molecular weight excluding hydrogens is 350 g/mol. The highest BCUT2D eigenvalue weighted by Crippen LogP contribution is 2.30. The van der Waals surface area contributed by atoms with E-state index in [1.54, 1.807) is 17.0 Å². The van der Waals surface area contributed by atoms with Crippen molar-refractivity contribution in [3.8, 4) is 6.07 Å². The Morgan fingerprint density at radius 1 is 1.25 bits per heavy atom. The summed E-state index contributed by atoms with van der Waals surface area (Å²) in [7, 11) is 0. The van der Waals surface area contributed by atoms with Crippen molar-refractivity contribution < 1.29 is 0 Å². The molecular formula is C22H27N5O. The van der Waals surface area contributed by atoms with Gasteiger partial charge in [0.2, 0.25) is 0 Å². The topological polar surface area (TPSA) is 74.8 Å². The lowest BCUT2D eigenvalue weighted by Crippen LogP contribution is -2.37. The lowest BCUT2D eigenvalue weighted by atomic mass is 9.96. The first-order valence-electron chi connectivity index (χ1n) is 10.3. The van der Waals surface area contributed by atoms with Gasteiger partial charge < -0.3 is 4.90 Å². The maximum absolute atomic E-state index is 12.4. The molecule has 1 aliphatic heterocycles. The molecule has 146 valence electrons. The minimum Gasteiger partial charge on any atom is -0.355 e. The van der Waals surface area contributed by atoms with Crippen molar-refractivity contribution in [1.82, 2.24) is 14.5 Å². The molecule has 0 atom stereocenters. The van der Waals surface area contributed by atoms with E-state index in [0.717, 1.165) is 56.7 Å². The van der Waals surface area contributed by atoms with Crippen molar-refractivity contribution in [2.24, 2.45) is 5.92 Å². The van der Waals surface area contributed by atoms with Crippen LogP contribution in [0.2, 0.25) is 0 Å². The van der Waals surface area contributed by atoms with Gasteiger partial charge in [0.15, 0.2) is 0 Å². The van der Waals surface area contributed by atoms with E-state index in [2.05, 4.69) is 16.0 Å². The zero-order chi connectivity index (χ0) is 19.7. The number of anilines is 1. The van der Waals surface area contributed by atoms with Gasteiger partial charge in [-0.1, -0.05) is 13.8 Å². The second-order valence-corrected chi connectivity index (χ2v) is 8.32. The van der Waals surface area contributed by atoms with Crippen LogP contribution in [-0.4, -0.2) is 27.6 Å². The van der Waals surface area contributed by atoms with Gasteiger partial charge in [-0.25, -0.2) is 9.97 Å². The molecule has 0 saturated carbocycles. The first-order valence-corrected chi connectivity index (χ1v) is 10.3. The molecule has 0 bridgehead atoms. The molecule has 0 aromatic carbocycles. The van der Waals surface area contributed by atoms with E-state index in [1.807, 2.05) is 19.9 Å². The second-order valence-electron chi connectivity index (χ2n) is 8.32. The van der Waals surface area contributed by atoms with Gasteiger partial charge in [0.1, 0.15) is 11.9 Å². The number of nitrogens with zero attached hydrogens (tertiary/aromatic N) is 5. The lowest BCUT2D eigenvalue weighted by molar-refractivity contribution is 0.349. The molecule has 0 spiro atoms. The van der Waals surface area contributed by atoms with E-state index in [0.29, 0.717) is 18.0 Å². The van der Waals surface area contributed by atoms with Gasteiger partial charge in [0, 0.05) is 31.4 Å². The monoisotopic (exact) mass is 377 g/mol. The van der Waals surface area contributed by atoms with Crippen LogP contribution in [0.25, 0.3) is 0 Å². The standard InChI is InChI=1S/C22H27N5O/c1-15(2)20-11-21(28)27(14-24-20)13-16-6-8-26(9-7-16)22-18(12-23)10-17-4-3-5-19(17)25-22/h10-11,14-16H,3-9,13H2,1-2H3. The zero-order valence-electron chi connectivity index (χ0n) is 16.7. The molecule has 6 heteroatoms. The van der Waals surface area contributed by atoms with E-state index in [4.69, 9.17) is 4.98 Å². The highest BCUT2D eigenvalue weighted by molar-refractivity contribution is 5.57. The van der Waals surface area contributed by atoms with Crippen LogP contribution in [0, 0.1) is 17.2 Å². The third-order valence-corrected chi connectivity index (χ3v) is 6.01. The van der Waals surface area contributed by atoms with E-state index in [1.165, 1.54) is 11.3 Å². The molecule has 2 aliphatic rings. The minimum atomic E-state index is 0.0354. The van der Waals surface area contributed by atoms with Gasteiger partial charge in [-0.05, 0) is 55.6 Å². The van der Waals surface area contributed by atoms with Crippen molar-refractivity contribution in [2.75, 3.05) is 18.0 Å². The first kappa shape index (κ1) is 18.7. The van der Waals surface area contributed by atoms with Crippen LogP contribution in [-0.2, 0) is 19.4 Å². The molecule has 2 aromatic heterocycles. The summed E-state index contributed by atoms with van der Waals surface area (Å²) in [6, 6.07) is 6.04. The normalized spacial score (nSPS) is 17.0. The highest BCUT2D eigenvalue weighted by atomic mass is 16.1. The van der Waals surface area contributed by atoms with Crippen LogP contribution in [0.5, 0.6) is 0 Å². The van der Waals surface area contributed by atoms with E-state index in [-0.39, 0.29) is 11.5 Å². The van der Waals surface area contributed by atoms with Gasteiger partial charge in [0.25, 0.3) is 5.56 Å². The summed E-state index contributed by atoms with van der Waals surface area (Å²) >= 11 is 0. The van der Waals surface area contributed by atoms with Gasteiger partial charge in [-0.2, -0.15) is 5.26 Å². The Labute approximate surface area is 165 Å². The molecule has 1 aliphatic carbocycles. The molecule has 6 nitrogen and oxygen atoms in total. The van der Waals surface area contributed by atoms with Crippen molar-refractivity contribution >= 4 is 5.82 Å². The Bertz CT molecular complexity index is 964. The fourth-order valence-electron chi connectivity index (χ4n) is 4.28. The van der Waals surface area contributed by atoms with Crippen LogP contribution in [0.3, 0.4) is 0 Å². The zero-order valence-corrected chi connectivity index (χ0v) is 16.7. The summed E-state index contributed by atoms with van der Waals surface area (Å²) in [4.78, 5) is 23.9. The molecule has 1 saturated heterocycles. The van der Waals surface area contributed by atoms with Gasteiger partial charge in [0.05, 0.1) is 17.6 Å². The lowest BCUT2D eigenvalue weighted by Gasteiger charge is -2.33. The predicted molar refractivity (Wildman–Crippen MR) is 109 cm³/mol. The number of aryl methyl sites for hydroxylation is 2. The van der Waals surface area contributed by atoms with Crippen LogP contribution in [0.15, 0.2) is 23.3 Å². The second kappa shape index (κ2) is 7.75. The number of fused-ring (bicyclic) bond motifs is 1. The average Bonchev–Trinajstić information content (AvgIpc) is 3.16. The smallest absolute Gasteiger partial charge is 0.253 e. The Morgan fingerprint density at radius 2 is 2.04 bits per heavy atom. The average molecular weight is 377 g/mol. The number of piperidine rings is 1. The molecule has 1 fully saturated rings. The van der Waals surface area contributed by atoms with Crippen LogP contribution in [0.1, 0.15) is 61.5 Å². The Morgan fingerprint density at radius 3 is 2.71 bits per heavy atom. The predicted octanol–water partition coefficient (Wildman–Crippen LogP) is 3.04. The van der Waals surface area contributed by atoms with Crippen molar-refractivity contribution in [1.29, 1.82) is 5.26 Å². The summed E-state index contributed by atoms with van der Waals surface area (Å²) in [6.07, 6.45) is 6.87. The fraction of sp³-hybridized carbons (Fsp3) is 0.545. The quantitative estimate of drug-likeness (QED) is 0.819. The number of rotatable bonds is 4. The molecule has 0 amide bonds. The van der Waals surface area contributed by atoms with Crippen molar-refractivity contribution in [2.45, 2.75) is 58.4 Å². The summed E-state index contributed by atoms with van der Waals surface area (Å²) in [5, 5.41) is 9.56. The number of pyridine rings is 1. The van der Waals surface area contributed by atoms with E-state index >= 15 is 0 Å². The largest absolute Gasteiger partial charge is 0.355 e. The summed E-state index contributed by atoms with van der Waals surface area (Å²) in [5.74, 6) is 1.56. The number of hydrogen-bond donors (Lipinski definition) is 0. The Hall–Kier alpha value is -2.68. The molecule has 3 heterocycles. The van der Waals surface area contributed by atoms with Gasteiger partial charge in [-0.3, -0.25) is 9.36 Å². The van der Waals surface area contributed by atoms with Crippen molar-refractivity contribution in [3.05, 3.63) is 51.3 Å². The fourth-order valence-corrected chi connectivity index (χ4v) is 4.28. The van der Waals surface area contributed by atoms with E-state index in [9.17, 15) is 10.1 Å². The number of hydrogen-bond acceptors (Lipinski definition) is 5. The molecule has 0 N–H and O–H groups in total. The minimum absolute atomic E-state index is 0.0354. The molecule has 0 unspecified atom stereocenters.